The summed E-state index contributed by atoms with van der Waals surface area (Å²) in [5.74, 6) is 0.255. The Labute approximate surface area is 67.0 Å². The van der Waals surface area contributed by atoms with Crippen molar-refractivity contribution in [2.75, 3.05) is 12.0 Å². The third-order valence-corrected chi connectivity index (χ3v) is 1.44. The van der Waals surface area contributed by atoms with E-state index in [0.29, 0.717) is 6.42 Å². The van der Waals surface area contributed by atoms with Crippen molar-refractivity contribution in [3.8, 4) is 0 Å². The van der Waals surface area contributed by atoms with Crippen LogP contribution in [0.4, 0.5) is 0 Å². The molecule has 0 atom stereocenters. The van der Waals surface area contributed by atoms with Crippen molar-refractivity contribution in [3.63, 3.8) is 0 Å². The molecular weight excluding hydrogens is 148 g/mol. The first kappa shape index (κ1) is 12.5. The van der Waals surface area contributed by atoms with E-state index < -0.39 is 5.97 Å². The highest BCUT2D eigenvalue weighted by Crippen LogP contribution is 1.97. The zero-order chi connectivity index (χ0) is 8.41. The van der Waals surface area contributed by atoms with Gasteiger partial charge < -0.3 is 5.11 Å². The van der Waals surface area contributed by atoms with E-state index in [4.69, 9.17) is 5.11 Å². The Hall–Kier alpha value is -0.180. The number of carboxylic acid groups (broad SMARTS) is 1. The fourth-order valence-electron chi connectivity index (χ4n) is 0.368. The van der Waals surface area contributed by atoms with Crippen LogP contribution in [0.2, 0.25) is 0 Å². The van der Waals surface area contributed by atoms with Gasteiger partial charge in [-0.15, -0.1) is 0 Å². The van der Waals surface area contributed by atoms with Crippen LogP contribution in [0, 0.1) is 0 Å². The Bertz CT molecular complexity index is 74.0. The van der Waals surface area contributed by atoms with Gasteiger partial charge in [0, 0.05) is 6.42 Å². The lowest BCUT2D eigenvalue weighted by atomic mass is 10.3. The molecule has 3 heteroatoms. The molecule has 0 amide bonds. The average molecular weight is 164 g/mol. The summed E-state index contributed by atoms with van der Waals surface area (Å²) < 4.78 is 0. The molecule has 0 aliphatic heterocycles. The number of thioether (sulfide) groups is 1. The number of aliphatic carboxylic acids is 1. The predicted molar refractivity (Wildman–Crippen MR) is 46.6 cm³/mol. The molecule has 0 unspecified atom stereocenters. The van der Waals surface area contributed by atoms with Gasteiger partial charge in [0.05, 0.1) is 0 Å². The molecule has 0 spiro atoms. The number of hydrogen-bond donors (Lipinski definition) is 1. The third-order valence-electron chi connectivity index (χ3n) is 0.739. The molecular formula is C7H16O2S. The summed E-state index contributed by atoms with van der Waals surface area (Å²) in [6.45, 7) is 4.00. The minimum atomic E-state index is -0.695. The highest BCUT2D eigenvalue weighted by Gasteiger charge is 1.93. The Kier molecular flexibility index (Phi) is 14.5. The van der Waals surface area contributed by atoms with Crippen molar-refractivity contribution in [2.45, 2.75) is 26.7 Å². The van der Waals surface area contributed by atoms with E-state index in [9.17, 15) is 4.79 Å². The smallest absolute Gasteiger partial charge is 0.303 e. The zero-order valence-electron chi connectivity index (χ0n) is 6.89. The summed E-state index contributed by atoms with van der Waals surface area (Å²) in [4.78, 5) is 9.86. The molecule has 1 N–H and O–H groups in total. The van der Waals surface area contributed by atoms with E-state index in [0.717, 1.165) is 12.2 Å². The van der Waals surface area contributed by atoms with Crippen molar-refractivity contribution in [3.05, 3.63) is 0 Å². The van der Waals surface area contributed by atoms with Crippen molar-refractivity contribution in [2.24, 2.45) is 0 Å². The molecule has 62 valence electrons. The SMILES string of the molecule is CC.CSCCCC(=O)O. The van der Waals surface area contributed by atoms with Crippen molar-refractivity contribution >= 4 is 17.7 Å². The second-order valence-corrected chi connectivity index (χ2v) is 2.48. The van der Waals surface area contributed by atoms with E-state index >= 15 is 0 Å². The molecule has 0 aliphatic rings. The number of hydrogen-bond acceptors (Lipinski definition) is 2. The predicted octanol–water partition coefficient (Wildman–Crippen LogP) is 2.24. The second-order valence-electron chi connectivity index (χ2n) is 1.49. The molecule has 2 nitrogen and oxygen atoms in total. The normalized spacial score (nSPS) is 7.90. The van der Waals surface area contributed by atoms with Gasteiger partial charge in [-0.25, -0.2) is 0 Å². The summed E-state index contributed by atoms with van der Waals surface area (Å²) >= 11 is 1.68. The van der Waals surface area contributed by atoms with Crippen LogP contribution in [0.25, 0.3) is 0 Å². The quantitative estimate of drug-likeness (QED) is 0.647. The van der Waals surface area contributed by atoms with Crippen LogP contribution in [0.5, 0.6) is 0 Å². The van der Waals surface area contributed by atoms with Gasteiger partial charge in [0.15, 0.2) is 0 Å². The molecule has 0 saturated heterocycles. The van der Waals surface area contributed by atoms with E-state index in [1.165, 1.54) is 0 Å². The molecule has 10 heavy (non-hydrogen) atoms. The Balaban J connectivity index is 0. The highest BCUT2D eigenvalue weighted by atomic mass is 32.2. The van der Waals surface area contributed by atoms with Gasteiger partial charge in [-0.3, -0.25) is 4.79 Å². The van der Waals surface area contributed by atoms with Crippen LogP contribution in [0.15, 0.2) is 0 Å². The summed E-state index contributed by atoms with van der Waals surface area (Å²) in [6, 6.07) is 0. The fraction of sp³-hybridized carbons (Fsp3) is 0.857. The third kappa shape index (κ3) is 15.7. The largest absolute Gasteiger partial charge is 0.481 e. The summed E-state index contributed by atoms with van der Waals surface area (Å²) in [5.41, 5.74) is 0. The first-order valence-corrected chi connectivity index (χ1v) is 4.87. The fourth-order valence-corrected chi connectivity index (χ4v) is 0.801. The number of carboxylic acids is 1. The van der Waals surface area contributed by atoms with Crippen LogP contribution in [-0.4, -0.2) is 23.1 Å². The highest BCUT2D eigenvalue weighted by molar-refractivity contribution is 7.98. The van der Waals surface area contributed by atoms with Gasteiger partial charge in [-0.2, -0.15) is 11.8 Å². The van der Waals surface area contributed by atoms with E-state index in [1.807, 2.05) is 20.1 Å². The number of carbonyl (C=O) groups is 1. The lowest BCUT2D eigenvalue weighted by Crippen LogP contribution is -1.94. The minimum Gasteiger partial charge on any atom is -0.481 e. The Morgan fingerprint density at radius 2 is 2.00 bits per heavy atom. The van der Waals surface area contributed by atoms with E-state index in [-0.39, 0.29) is 0 Å². The molecule has 0 heterocycles. The molecule has 0 rings (SSSR count). The van der Waals surface area contributed by atoms with Crippen LogP contribution in [0.1, 0.15) is 26.7 Å². The first-order chi connectivity index (χ1) is 4.77. The van der Waals surface area contributed by atoms with Gasteiger partial charge in [-0.05, 0) is 18.4 Å². The van der Waals surface area contributed by atoms with Gasteiger partial charge in [0.2, 0.25) is 0 Å². The molecule has 0 saturated carbocycles. The van der Waals surface area contributed by atoms with Gasteiger partial charge >= 0.3 is 5.97 Å². The van der Waals surface area contributed by atoms with Gasteiger partial charge in [0.1, 0.15) is 0 Å². The molecule has 0 radical (unpaired) electrons. The van der Waals surface area contributed by atoms with E-state index in [1.54, 1.807) is 11.8 Å². The summed E-state index contributed by atoms with van der Waals surface area (Å²) in [6.07, 6.45) is 3.07. The topological polar surface area (TPSA) is 37.3 Å². The van der Waals surface area contributed by atoms with E-state index in [2.05, 4.69) is 0 Å². The van der Waals surface area contributed by atoms with Crippen LogP contribution < -0.4 is 0 Å². The van der Waals surface area contributed by atoms with Crippen LogP contribution in [-0.2, 0) is 4.79 Å². The maximum Gasteiger partial charge on any atom is 0.303 e. The second kappa shape index (κ2) is 11.6. The van der Waals surface area contributed by atoms with Gasteiger partial charge in [-0.1, -0.05) is 13.8 Å². The number of rotatable bonds is 4. The Morgan fingerprint density at radius 1 is 1.50 bits per heavy atom. The van der Waals surface area contributed by atoms with Gasteiger partial charge in [0.25, 0.3) is 0 Å². The summed E-state index contributed by atoms with van der Waals surface area (Å²) in [7, 11) is 0. The molecule has 0 bridgehead atoms. The summed E-state index contributed by atoms with van der Waals surface area (Å²) in [5, 5.41) is 8.13. The first-order valence-electron chi connectivity index (χ1n) is 3.48. The average Bonchev–Trinajstić information content (AvgIpc) is 1.92. The van der Waals surface area contributed by atoms with Crippen molar-refractivity contribution < 1.29 is 9.90 Å². The van der Waals surface area contributed by atoms with Crippen molar-refractivity contribution in [1.29, 1.82) is 0 Å². The standard InChI is InChI=1S/C5H10O2S.C2H6/c1-8-4-2-3-5(6)7;1-2/h2-4H2,1H3,(H,6,7);1-2H3. The molecule has 0 aromatic rings. The molecule has 0 fully saturated rings. The lowest BCUT2D eigenvalue weighted by Gasteiger charge is -1.89. The molecule has 0 aromatic carbocycles. The zero-order valence-corrected chi connectivity index (χ0v) is 7.70. The maximum absolute atomic E-state index is 9.86. The monoisotopic (exact) mass is 164 g/mol. The van der Waals surface area contributed by atoms with Crippen LogP contribution in [0.3, 0.4) is 0 Å². The maximum atomic E-state index is 9.86. The lowest BCUT2D eigenvalue weighted by molar-refractivity contribution is -0.137. The minimum absolute atomic E-state index is 0.306. The Morgan fingerprint density at radius 3 is 2.30 bits per heavy atom. The molecule has 0 aliphatic carbocycles. The van der Waals surface area contributed by atoms with Crippen molar-refractivity contribution in [1.82, 2.24) is 0 Å². The molecule has 0 aromatic heterocycles. The van der Waals surface area contributed by atoms with Crippen LogP contribution >= 0.6 is 11.8 Å².